The topological polar surface area (TPSA) is 49.4 Å². The molecule has 184 valence electrons. The monoisotopic (exact) mass is 508 g/mol. The second kappa shape index (κ2) is 13.4. The van der Waals surface area contributed by atoms with Gasteiger partial charge in [0, 0.05) is 29.8 Å². The van der Waals surface area contributed by atoms with E-state index in [1.54, 1.807) is 4.90 Å². The molecule has 1 N–H and O–H groups in total. The van der Waals surface area contributed by atoms with Gasteiger partial charge in [0.25, 0.3) is 0 Å². The van der Waals surface area contributed by atoms with Gasteiger partial charge < -0.3 is 10.2 Å². The van der Waals surface area contributed by atoms with E-state index in [0.29, 0.717) is 23.7 Å². The van der Waals surface area contributed by atoms with Crippen LogP contribution in [0.1, 0.15) is 36.1 Å². The van der Waals surface area contributed by atoms with E-state index in [2.05, 4.69) is 11.4 Å². The molecule has 0 saturated carbocycles. The number of benzene rings is 3. The second-order valence-electron chi connectivity index (χ2n) is 9.00. The Kier molecular flexibility index (Phi) is 10.2. The first kappa shape index (κ1) is 26.8. The summed E-state index contributed by atoms with van der Waals surface area (Å²) in [6, 6.07) is 25.0. The molecule has 0 radical (unpaired) electrons. The van der Waals surface area contributed by atoms with E-state index in [1.807, 2.05) is 93.6 Å². The van der Waals surface area contributed by atoms with Gasteiger partial charge >= 0.3 is 0 Å². The summed E-state index contributed by atoms with van der Waals surface area (Å²) in [6.45, 7) is 6.28. The third kappa shape index (κ3) is 8.75. The number of rotatable bonds is 11. The SMILES string of the molecule is Cc1cccc(CN(C(=O)CSCc2cccc(Cl)c2)C(Cc2ccccc2)C(=O)NC(C)C)c1. The lowest BCUT2D eigenvalue weighted by molar-refractivity contribution is -0.139. The molecule has 0 aliphatic carbocycles. The van der Waals surface area contributed by atoms with E-state index in [0.717, 1.165) is 22.3 Å². The van der Waals surface area contributed by atoms with Crippen LogP contribution < -0.4 is 5.32 Å². The molecular formula is C29H33ClN2O2S. The van der Waals surface area contributed by atoms with Crippen molar-refractivity contribution in [3.8, 4) is 0 Å². The largest absolute Gasteiger partial charge is 0.352 e. The van der Waals surface area contributed by atoms with Gasteiger partial charge in [0.15, 0.2) is 0 Å². The zero-order chi connectivity index (χ0) is 25.2. The van der Waals surface area contributed by atoms with Crippen LogP contribution in [0.3, 0.4) is 0 Å². The Labute approximate surface area is 218 Å². The van der Waals surface area contributed by atoms with Gasteiger partial charge in [0.1, 0.15) is 6.04 Å². The first-order valence-electron chi connectivity index (χ1n) is 11.8. The van der Waals surface area contributed by atoms with Crippen LogP contribution in [0.15, 0.2) is 78.9 Å². The van der Waals surface area contributed by atoms with Gasteiger partial charge in [0.2, 0.25) is 11.8 Å². The lowest BCUT2D eigenvalue weighted by atomic mass is 10.0. The molecule has 0 heterocycles. The van der Waals surface area contributed by atoms with Crippen molar-refractivity contribution >= 4 is 35.2 Å². The Morgan fingerprint density at radius 1 is 0.914 bits per heavy atom. The maximum Gasteiger partial charge on any atom is 0.243 e. The molecule has 0 saturated heterocycles. The number of hydrogen-bond donors (Lipinski definition) is 1. The average molecular weight is 509 g/mol. The second-order valence-corrected chi connectivity index (χ2v) is 10.4. The van der Waals surface area contributed by atoms with Crippen LogP contribution in [0.5, 0.6) is 0 Å². The third-order valence-corrected chi connectivity index (χ3v) is 6.74. The fraction of sp³-hybridized carbons (Fsp3) is 0.310. The number of aryl methyl sites for hydroxylation is 1. The highest BCUT2D eigenvalue weighted by atomic mass is 35.5. The standard InChI is InChI=1S/C29H33ClN2O2S/c1-21(2)31-29(34)27(17-23-10-5-4-6-11-23)32(18-24-12-7-9-22(3)15-24)28(33)20-35-19-25-13-8-14-26(30)16-25/h4-16,21,27H,17-20H2,1-3H3,(H,31,34). The van der Waals surface area contributed by atoms with Crippen LogP contribution in [0.2, 0.25) is 5.02 Å². The van der Waals surface area contributed by atoms with Crippen molar-refractivity contribution in [2.75, 3.05) is 5.75 Å². The molecule has 35 heavy (non-hydrogen) atoms. The number of carbonyl (C=O) groups is 2. The van der Waals surface area contributed by atoms with Crippen LogP contribution in [-0.2, 0) is 28.3 Å². The smallest absolute Gasteiger partial charge is 0.243 e. The number of nitrogens with zero attached hydrogens (tertiary/aromatic N) is 1. The molecular weight excluding hydrogens is 476 g/mol. The van der Waals surface area contributed by atoms with Gasteiger partial charge in [0.05, 0.1) is 5.75 Å². The molecule has 0 spiro atoms. The fourth-order valence-electron chi connectivity index (χ4n) is 3.91. The maximum atomic E-state index is 13.6. The molecule has 2 amide bonds. The van der Waals surface area contributed by atoms with Gasteiger partial charge in [-0.3, -0.25) is 9.59 Å². The lowest BCUT2D eigenvalue weighted by Crippen LogP contribution is -2.52. The van der Waals surface area contributed by atoms with Crippen LogP contribution in [-0.4, -0.2) is 34.6 Å². The Morgan fingerprint density at radius 3 is 2.29 bits per heavy atom. The summed E-state index contributed by atoms with van der Waals surface area (Å²) in [4.78, 5) is 28.7. The quantitative estimate of drug-likeness (QED) is 0.343. The number of amides is 2. The predicted octanol–water partition coefficient (Wildman–Crippen LogP) is 6.05. The lowest BCUT2D eigenvalue weighted by Gasteiger charge is -2.32. The van der Waals surface area contributed by atoms with Crippen LogP contribution in [0.25, 0.3) is 0 Å². The number of nitrogens with one attached hydrogen (secondary N) is 1. The Balaban J connectivity index is 1.84. The van der Waals surface area contributed by atoms with Crippen molar-refractivity contribution in [2.24, 2.45) is 0 Å². The molecule has 4 nitrogen and oxygen atoms in total. The minimum atomic E-state index is -0.611. The molecule has 0 aromatic heterocycles. The van der Waals surface area contributed by atoms with Crippen molar-refractivity contribution < 1.29 is 9.59 Å². The summed E-state index contributed by atoms with van der Waals surface area (Å²) >= 11 is 7.64. The van der Waals surface area contributed by atoms with Crippen molar-refractivity contribution in [2.45, 2.75) is 51.6 Å². The highest BCUT2D eigenvalue weighted by Gasteiger charge is 2.30. The van der Waals surface area contributed by atoms with Crippen LogP contribution >= 0.6 is 23.4 Å². The van der Waals surface area contributed by atoms with Crippen LogP contribution in [0, 0.1) is 6.92 Å². The summed E-state index contributed by atoms with van der Waals surface area (Å²) in [7, 11) is 0. The Morgan fingerprint density at radius 2 is 1.60 bits per heavy atom. The number of carbonyl (C=O) groups excluding carboxylic acids is 2. The molecule has 3 aromatic carbocycles. The summed E-state index contributed by atoms with van der Waals surface area (Å²) < 4.78 is 0. The normalized spacial score (nSPS) is 11.8. The Bertz CT molecular complexity index is 1120. The van der Waals surface area contributed by atoms with E-state index in [1.165, 1.54) is 11.8 Å². The minimum absolute atomic E-state index is 0.0195. The molecule has 0 bridgehead atoms. The van der Waals surface area contributed by atoms with Crippen molar-refractivity contribution in [3.05, 3.63) is 106 Å². The van der Waals surface area contributed by atoms with Gasteiger partial charge in [-0.15, -0.1) is 11.8 Å². The highest BCUT2D eigenvalue weighted by Crippen LogP contribution is 2.20. The molecule has 1 unspecified atom stereocenters. The van der Waals surface area contributed by atoms with Crippen LogP contribution in [0.4, 0.5) is 0 Å². The van der Waals surface area contributed by atoms with E-state index >= 15 is 0 Å². The number of halogens is 1. The van der Waals surface area contributed by atoms with Gasteiger partial charge in [-0.25, -0.2) is 0 Å². The van der Waals surface area contributed by atoms with Gasteiger partial charge in [-0.05, 0) is 49.6 Å². The molecule has 0 aliphatic rings. The zero-order valence-electron chi connectivity index (χ0n) is 20.5. The van der Waals surface area contributed by atoms with Crippen molar-refractivity contribution in [1.82, 2.24) is 10.2 Å². The summed E-state index contributed by atoms with van der Waals surface area (Å²) in [5.74, 6) is 0.758. The van der Waals surface area contributed by atoms with E-state index in [-0.39, 0.29) is 23.6 Å². The van der Waals surface area contributed by atoms with Crippen molar-refractivity contribution in [1.29, 1.82) is 0 Å². The number of thioether (sulfide) groups is 1. The first-order valence-corrected chi connectivity index (χ1v) is 13.4. The van der Waals surface area contributed by atoms with E-state index in [9.17, 15) is 9.59 Å². The highest BCUT2D eigenvalue weighted by molar-refractivity contribution is 7.99. The summed E-state index contributed by atoms with van der Waals surface area (Å²) in [5.41, 5.74) is 4.22. The molecule has 1 atom stereocenters. The molecule has 0 fully saturated rings. The first-order chi connectivity index (χ1) is 16.8. The predicted molar refractivity (Wildman–Crippen MR) is 147 cm³/mol. The zero-order valence-corrected chi connectivity index (χ0v) is 22.1. The summed E-state index contributed by atoms with van der Waals surface area (Å²) in [5, 5.41) is 3.71. The van der Waals surface area contributed by atoms with Gasteiger partial charge in [-0.2, -0.15) is 0 Å². The molecule has 0 aliphatic heterocycles. The van der Waals surface area contributed by atoms with E-state index < -0.39 is 6.04 Å². The average Bonchev–Trinajstić information content (AvgIpc) is 2.81. The Hall–Kier alpha value is -2.76. The number of hydrogen-bond acceptors (Lipinski definition) is 3. The molecule has 3 aromatic rings. The van der Waals surface area contributed by atoms with Crippen molar-refractivity contribution in [3.63, 3.8) is 0 Å². The maximum absolute atomic E-state index is 13.6. The fourth-order valence-corrected chi connectivity index (χ4v) is 4.98. The minimum Gasteiger partial charge on any atom is -0.352 e. The third-order valence-electron chi connectivity index (χ3n) is 5.52. The van der Waals surface area contributed by atoms with E-state index in [4.69, 9.17) is 11.6 Å². The summed E-state index contributed by atoms with van der Waals surface area (Å²) in [6.07, 6.45) is 0.454. The molecule has 6 heteroatoms. The molecule has 3 rings (SSSR count). The van der Waals surface area contributed by atoms with Gasteiger partial charge in [-0.1, -0.05) is 83.9 Å².